The fourth-order valence-corrected chi connectivity index (χ4v) is 5.28. The number of aliphatic imine (C=N–C) groups is 1. The molecule has 2 aliphatic heterocycles. The van der Waals surface area contributed by atoms with Crippen LogP contribution in [0, 0.1) is 13.8 Å². The minimum absolute atomic E-state index is 0.0736. The van der Waals surface area contributed by atoms with Crippen LogP contribution in [0.25, 0.3) is 28.2 Å². The van der Waals surface area contributed by atoms with Gasteiger partial charge in [-0.1, -0.05) is 0 Å². The molecule has 214 valence electrons. The molecule has 2 aliphatic rings. The summed E-state index contributed by atoms with van der Waals surface area (Å²) in [6, 6.07) is 1.60. The molecule has 3 aromatic rings. The summed E-state index contributed by atoms with van der Waals surface area (Å²) >= 11 is 0. The van der Waals surface area contributed by atoms with Crippen molar-refractivity contribution in [1.82, 2.24) is 29.9 Å². The number of aryl methyl sites for hydroxylation is 3. The highest BCUT2D eigenvalue weighted by Gasteiger charge is 2.36. The van der Waals surface area contributed by atoms with E-state index in [1.807, 2.05) is 60.0 Å². The first-order chi connectivity index (χ1) is 19.2. The smallest absolute Gasteiger partial charge is 0.221 e. The number of pyridine rings is 1. The molecule has 0 unspecified atom stereocenters. The Hall–Kier alpha value is -3.74. The summed E-state index contributed by atoms with van der Waals surface area (Å²) < 4.78 is 20.1. The summed E-state index contributed by atoms with van der Waals surface area (Å²) in [6.07, 6.45) is 3.55. The maximum atomic E-state index is 9.83. The van der Waals surface area contributed by atoms with Gasteiger partial charge in [-0.15, -0.1) is 0 Å². The number of aliphatic hydroxyl groups excluding tert-OH is 1. The Morgan fingerprint density at radius 3 is 2.83 bits per heavy atom. The number of H-pyrrole nitrogens is 1. The average Bonchev–Trinajstić information content (AvgIpc) is 3.61. The van der Waals surface area contributed by atoms with Crippen molar-refractivity contribution >= 4 is 22.7 Å². The molecule has 0 spiro atoms. The average molecular weight is 551 g/mol. The number of aromatic nitrogens is 5. The third-order valence-corrected chi connectivity index (χ3v) is 7.33. The number of ether oxygens (including phenoxy) is 3. The number of hydrogen-bond donors (Lipinski definition) is 3. The van der Waals surface area contributed by atoms with Gasteiger partial charge in [-0.25, -0.2) is 4.68 Å². The number of allylic oxidation sites excluding steroid dienone is 1. The van der Waals surface area contributed by atoms with Gasteiger partial charge in [0, 0.05) is 19.0 Å². The van der Waals surface area contributed by atoms with Crippen LogP contribution < -0.4 is 10.5 Å². The topological polar surface area (TPSA) is 149 Å². The van der Waals surface area contributed by atoms with Gasteiger partial charge in [0.25, 0.3) is 0 Å². The van der Waals surface area contributed by atoms with Crippen molar-refractivity contribution in [3.63, 3.8) is 0 Å². The Morgan fingerprint density at radius 1 is 1.27 bits per heavy atom. The second-order valence-corrected chi connectivity index (χ2v) is 10.3. The van der Waals surface area contributed by atoms with Gasteiger partial charge < -0.3 is 25.1 Å². The minimum atomic E-state index is -0.334. The van der Waals surface area contributed by atoms with Gasteiger partial charge in [-0.05, 0) is 53.0 Å². The molecule has 0 saturated carbocycles. The van der Waals surface area contributed by atoms with Crippen LogP contribution in [0.1, 0.15) is 30.9 Å². The largest absolute Gasteiger partial charge is 0.479 e. The summed E-state index contributed by atoms with van der Waals surface area (Å²) in [4.78, 5) is 11.9. The van der Waals surface area contributed by atoms with E-state index in [-0.39, 0.29) is 30.7 Å². The van der Waals surface area contributed by atoms with Crippen molar-refractivity contribution in [2.45, 2.75) is 45.9 Å². The van der Waals surface area contributed by atoms with E-state index < -0.39 is 0 Å². The number of nitrogens with one attached hydrogen (secondary N) is 1. The lowest BCUT2D eigenvalue weighted by Gasteiger charge is -2.29. The van der Waals surface area contributed by atoms with Gasteiger partial charge in [0.2, 0.25) is 5.88 Å². The van der Waals surface area contributed by atoms with E-state index in [2.05, 4.69) is 20.2 Å². The lowest BCUT2D eigenvalue weighted by atomic mass is 10.1. The molecule has 1 fully saturated rings. The van der Waals surface area contributed by atoms with Crippen LogP contribution in [0.3, 0.4) is 0 Å². The zero-order valence-electron chi connectivity index (χ0n) is 23.9. The summed E-state index contributed by atoms with van der Waals surface area (Å²) in [5.74, 6) is 0.893. The second-order valence-electron chi connectivity index (χ2n) is 10.3. The maximum Gasteiger partial charge on any atom is 0.221 e. The number of aromatic amines is 1. The van der Waals surface area contributed by atoms with E-state index in [1.165, 1.54) is 0 Å². The van der Waals surface area contributed by atoms with Crippen molar-refractivity contribution in [3.8, 4) is 17.1 Å². The molecule has 2 bridgehead atoms. The lowest BCUT2D eigenvalue weighted by Crippen LogP contribution is -2.46. The Bertz CT molecular complexity index is 1490. The highest BCUT2D eigenvalue weighted by molar-refractivity contribution is 6.05. The third kappa shape index (κ3) is 5.21. The van der Waals surface area contributed by atoms with Crippen LogP contribution in [-0.2, 0) is 16.5 Å². The quantitative estimate of drug-likeness (QED) is 0.415. The molecule has 0 aromatic carbocycles. The van der Waals surface area contributed by atoms with Crippen LogP contribution in [0.15, 0.2) is 28.6 Å². The fourth-order valence-electron chi connectivity index (χ4n) is 5.28. The number of aliphatic hydroxyl groups is 1. The molecule has 40 heavy (non-hydrogen) atoms. The SMILES string of the molecule is CCO/C(N)=C1\C=C\c2[nH]nc3c(C)nc(cc23)-c2c(C)nn(C)c2O[C@H]2COC[C@H]2N(C)CC1=N[C@@H](C)CO. The molecule has 1 saturated heterocycles. The van der Waals surface area contributed by atoms with Gasteiger partial charge in [0.05, 0.1) is 78.1 Å². The zero-order chi connectivity index (χ0) is 28.6. The number of rotatable bonds is 4. The van der Waals surface area contributed by atoms with Crippen LogP contribution in [0.5, 0.6) is 5.88 Å². The molecule has 5 rings (SSSR count). The third-order valence-electron chi connectivity index (χ3n) is 7.33. The van der Waals surface area contributed by atoms with Crippen molar-refractivity contribution in [1.29, 1.82) is 0 Å². The van der Waals surface area contributed by atoms with E-state index in [1.54, 1.807) is 4.68 Å². The molecular weight excluding hydrogens is 512 g/mol. The molecule has 4 N–H and O–H groups in total. The molecule has 0 aliphatic carbocycles. The Balaban J connectivity index is 1.75. The van der Waals surface area contributed by atoms with E-state index in [9.17, 15) is 5.11 Å². The van der Waals surface area contributed by atoms with Crippen LogP contribution in [0.4, 0.5) is 0 Å². The number of nitrogens with zero attached hydrogens (tertiary/aromatic N) is 6. The molecule has 3 aromatic heterocycles. The summed E-state index contributed by atoms with van der Waals surface area (Å²) in [6.45, 7) is 9.30. The molecule has 5 heterocycles. The Kier molecular flexibility index (Phi) is 7.92. The van der Waals surface area contributed by atoms with Crippen molar-refractivity contribution < 1.29 is 19.3 Å². The number of nitrogens with two attached hydrogens (primary N) is 1. The zero-order valence-corrected chi connectivity index (χ0v) is 23.9. The van der Waals surface area contributed by atoms with Crippen molar-refractivity contribution in [2.75, 3.05) is 40.0 Å². The molecule has 12 heteroatoms. The van der Waals surface area contributed by atoms with E-state index in [0.717, 1.165) is 39.2 Å². The Morgan fingerprint density at radius 2 is 2.08 bits per heavy atom. The van der Waals surface area contributed by atoms with Crippen LogP contribution >= 0.6 is 0 Å². The number of likely N-dealkylation sites (N-methyl/N-ethyl adjacent to an activating group) is 1. The Labute approximate surface area is 233 Å². The van der Waals surface area contributed by atoms with Gasteiger partial charge >= 0.3 is 0 Å². The molecule has 0 amide bonds. The summed E-state index contributed by atoms with van der Waals surface area (Å²) in [7, 11) is 3.88. The highest BCUT2D eigenvalue weighted by Crippen LogP contribution is 2.36. The minimum Gasteiger partial charge on any atom is -0.479 e. The molecule has 3 atom stereocenters. The van der Waals surface area contributed by atoms with Crippen LogP contribution in [-0.4, -0.2) is 98.9 Å². The maximum absolute atomic E-state index is 9.83. The van der Waals surface area contributed by atoms with Crippen molar-refractivity contribution in [2.24, 2.45) is 17.8 Å². The van der Waals surface area contributed by atoms with E-state index in [4.69, 9.17) is 29.9 Å². The standard InChI is InChI=1S/C28H38N8O4/c1-7-39-27(29)18-8-9-20-19-10-21(31-17(4)26(19)33-32-20)25-16(3)34-36(6)28(25)40-24-14-38-13-23(24)35(5)11-22(18)30-15(2)12-37/h8-10,15,23-24,37H,7,11-14,29H2,1-6H3,(H,32,33)/b9-8+,27-18+,30-22?/t15-,23+,24-/m0/s1. The number of hydrogen-bond acceptors (Lipinski definition) is 10. The highest BCUT2D eigenvalue weighted by atomic mass is 16.6. The van der Waals surface area contributed by atoms with Gasteiger partial charge in [-0.3, -0.25) is 20.0 Å². The lowest BCUT2D eigenvalue weighted by molar-refractivity contribution is 0.114. The molecular formula is C28H38N8O4. The second kappa shape index (κ2) is 11.4. The van der Waals surface area contributed by atoms with Crippen LogP contribution in [0.2, 0.25) is 0 Å². The predicted molar refractivity (Wildman–Crippen MR) is 153 cm³/mol. The first kappa shape index (κ1) is 27.8. The van der Waals surface area contributed by atoms with Gasteiger partial charge in [0.1, 0.15) is 11.6 Å². The summed E-state index contributed by atoms with van der Waals surface area (Å²) in [5.41, 5.74) is 12.5. The van der Waals surface area contributed by atoms with Gasteiger partial charge in [0.15, 0.2) is 5.88 Å². The monoisotopic (exact) mass is 550 g/mol. The first-order valence-corrected chi connectivity index (χ1v) is 13.5. The van der Waals surface area contributed by atoms with E-state index in [0.29, 0.717) is 43.5 Å². The summed E-state index contributed by atoms with van der Waals surface area (Å²) in [5, 5.41) is 23.1. The van der Waals surface area contributed by atoms with E-state index >= 15 is 0 Å². The molecule has 12 nitrogen and oxygen atoms in total. The van der Waals surface area contributed by atoms with Gasteiger partial charge in [-0.2, -0.15) is 10.2 Å². The first-order valence-electron chi connectivity index (χ1n) is 13.5. The fraction of sp³-hybridized carbons (Fsp3) is 0.500. The normalized spacial score (nSPS) is 23.8. The number of fused-ring (bicyclic) bond motifs is 4. The predicted octanol–water partition coefficient (Wildman–Crippen LogP) is 2.11. The van der Waals surface area contributed by atoms with Crippen molar-refractivity contribution in [3.05, 3.63) is 40.7 Å². The molecule has 0 radical (unpaired) electrons.